The highest BCUT2D eigenvalue weighted by Crippen LogP contribution is 2.25. The summed E-state index contributed by atoms with van der Waals surface area (Å²) in [6.45, 7) is 1.92. The van der Waals surface area contributed by atoms with Gasteiger partial charge in [0, 0.05) is 16.8 Å². The second-order valence-electron chi connectivity index (χ2n) is 6.63. The molecule has 3 N–H and O–H groups in total. The number of nitrogens with zero attached hydrogens (tertiary/aromatic N) is 3. The van der Waals surface area contributed by atoms with Crippen molar-refractivity contribution >= 4 is 17.3 Å². The van der Waals surface area contributed by atoms with E-state index in [0.717, 1.165) is 33.8 Å². The molecule has 1 aromatic heterocycles. The number of nitrogens with two attached hydrogens (primary N) is 1. The Kier molecular flexibility index (Phi) is 5.29. The Morgan fingerprint density at radius 2 is 1.34 bits per heavy atom. The second kappa shape index (κ2) is 8.35. The van der Waals surface area contributed by atoms with Gasteiger partial charge in [-0.25, -0.2) is 15.4 Å². The smallest absolute Gasteiger partial charge is 0.244 e. The van der Waals surface area contributed by atoms with Crippen LogP contribution in [0, 0.1) is 0 Å². The number of aromatic nitrogens is 2. The largest absolute Gasteiger partial charge is 0.399 e. The Morgan fingerprint density at radius 3 is 1.90 bits per heavy atom. The minimum atomic E-state index is 0.438. The third kappa shape index (κ3) is 4.47. The van der Waals surface area contributed by atoms with E-state index in [-0.39, 0.29) is 0 Å². The first-order chi connectivity index (χ1) is 14.2. The van der Waals surface area contributed by atoms with E-state index in [2.05, 4.69) is 20.5 Å². The summed E-state index contributed by atoms with van der Waals surface area (Å²) in [6.07, 6.45) is 0. The lowest BCUT2D eigenvalue weighted by Crippen LogP contribution is -2.04. The maximum atomic E-state index is 5.87. The molecule has 29 heavy (non-hydrogen) atoms. The zero-order chi connectivity index (χ0) is 20.1. The standard InChI is InChI=1S/C24H21N5/c1-17(20-13-8-14-21(25)15-20)28-29-24-26-22(18-9-4-2-5-10-18)16-23(27-24)19-11-6-3-7-12-19/h2-16H,25H2,1H3,(H,26,27,29)/b28-17-. The van der Waals surface area contributed by atoms with Crippen LogP contribution < -0.4 is 11.2 Å². The molecule has 1 heterocycles. The first-order valence-corrected chi connectivity index (χ1v) is 9.35. The average molecular weight is 379 g/mol. The van der Waals surface area contributed by atoms with Gasteiger partial charge in [0.1, 0.15) is 0 Å². The molecule has 5 nitrogen and oxygen atoms in total. The summed E-state index contributed by atoms with van der Waals surface area (Å²) in [5, 5.41) is 4.46. The van der Waals surface area contributed by atoms with E-state index in [0.29, 0.717) is 11.6 Å². The van der Waals surface area contributed by atoms with Crippen molar-refractivity contribution in [3.05, 3.63) is 96.6 Å². The lowest BCUT2D eigenvalue weighted by atomic mass is 10.1. The van der Waals surface area contributed by atoms with Gasteiger partial charge in [-0.1, -0.05) is 72.8 Å². The van der Waals surface area contributed by atoms with Crippen LogP contribution in [0.25, 0.3) is 22.5 Å². The third-order valence-corrected chi connectivity index (χ3v) is 4.49. The maximum Gasteiger partial charge on any atom is 0.244 e. The minimum absolute atomic E-state index is 0.438. The first-order valence-electron chi connectivity index (χ1n) is 9.35. The highest BCUT2D eigenvalue weighted by molar-refractivity contribution is 5.99. The second-order valence-corrected chi connectivity index (χ2v) is 6.63. The fourth-order valence-electron chi connectivity index (χ4n) is 2.97. The molecule has 0 aliphatic heterocycles. The van der Waals surface area contributed by atoms with Crippen molar-refractivity contribution in [2.45, 2.75) is 6.92 Å². The number of hydrogen-bond acceptors (Lipinski definition) is 5. The summed E-state index contributed by atoms with van der Waals surface area (Å²) in [5.41, 5.74) is 15.0. The van der Waals surface area contributed by atoms with Crippen molar-refractivity contribution in [1.29, 1.82) is 0 Å². The van der Waals surface area contributed by atoms with Crippen LogP contribution in [0.2, 0.25) is 0 Å². The van der Waals surface area contributed by atoms with Crippen LogP contribution in [0.4, 0.5) is 11.6 Å². The van der Waals surface area contributed by atoms with Crippen LogP contribution in [-0.4, -0.2) is 15.7 Å². The molecule has 0 aliphatic carbocycles. The fraction of sp³-hybridized carbons (Fsp3) is 0.0417. The fourth-order valence-corrected chi connectivity index (χ4v) is 2.97. The van der Waals surface area contributed by atoms with Gasteiger partial charge in [0.05, 0.1) is 17.1 Å². The monoisotopic (exact) mass is 379 g/mol. The molecule has 142 valence electrons. The Balaban J connectivity index is 1.71. The summed E-state index contributed by atoms with van der Waals surface area (Å²) in [4.78, 5) is 9.32. The van der Waals surface area contributed by atoms with Crippen molar-refractivity contribution in [2.75, 3.05) is 11.2 Å². The molecule has 0 saturated heterocycles. The Morgan fingerprint density at radius 1 is 0.759 bits per heavy atom. The lowest BCUT2D eigenvalue weighted by Gasteiger charge is -2.09. The Hall–Kier alpha value is -3.99. The Labute approximate surface area is 170 Å². The average Bonchev–Trinajstić information content (AvgIpc) is 2.78. The number of rotatable bonds is 5. The lowest BCUT2D eigenvalue weighted by molar-refractivity contribution is 1.12. The van der Waals surface area contributed by atoms with Gasteiger partial charge in [-0.05, 0) is 30.7 Å². The molecular formula is C24H21N5. The van der Waals surface area contributed by atoms with Gasteiger partial charge in [-0.2, -0.15) is 5.10 Å². The summed E-state index contributed by atoms with van der Waals surface area (Å²) < 4.78 is 0. The molecule has 5 heteroatoms. The number of benzene rings is 3. The van der Waals surface area contributed by atoms with Crippen LogP contribution in [0.5, 0.6) is 0 Å². The van der Waals surface area contributed by atoms with Gasteiger partial charge in [0.25, 0.3) is 0 Å². The zero-order valence-electron chi connectivity index (χ0n) is 16.1. The van der Waals surface area contributed by atoms with Crippen LogP contribution in [0.1, 0.15) is 12.5 Å². The maximum absolute atomic E-state index is 5.87. The summed E-state index contributed by atoms with van der Waals surface area (Å²) >= 11 is 0. The topological polar surface area (TPSA) is 76.2 Å². The van der Waals surface area contributed by atoms with E-state index < -0.39 is 0 Å². The van der Waals surface area contributed by atoms with Crippen molar-refractivity contribution in [2.24, 2.45) is 5.10 Å². The van der Waals surface area contributed by atoms with Crippen molar-refractivity contribution in [3.63, 3.8) is 0 Å². The number of nitrogens with one attached hydrogen (secondary N) is 1. The molecule has 3 aromatic carbocycles. The van der Waals surface area contributed by atoms with E-state index in [9.17, 15) is 0 Å². The van der Waals surface area contributed by atoms with Crippen molar-refractivity contribution in [3.8, 4) is 22.5 Å². The molecular weight excluding hydrogens is 358 g/mol. The predicted octanol–water partition coefficient (Wildman–Crippen LogP) is 5.23. The molecule has 0 saturated carbocycles. The molecule has 0 bridgehead atoms. The van der Waals surface area contributed by atoms with E-state index in [1.807, 2.05) is 97.9 Å². The SMILES string of the molecule is C/C(=N/Nc1nc(-c2ccccc2)cc(-c2ccccc2)n1)c1cccc(N)c1. The number of anilines is 2. The van der Waals surface area contributed by atoms with Gasteiger partial charge in [0.15, 0.2) is 0 Å². The summed E-state index contributed by atoms with van der Waals surface area (Å²) in [7, 11) is 0. The highest BCUT2D eigenvalue weighted by atomic mass is 15.4. The van der Waals surface area contributed by atoms with Crippen LogP contribution in [0.3, 0.4) is 0 Å². The molecule has 4 aromatic rings. The van der Waals surface area contributed by atoms with Gasteiger partial charge < -0.3 is 5.73 Å². The quantitative estimate of drug-likeness (QED) is 0.283. The van der Waals surface area contributed by atoms with Crippen LogP contribution >= 0.6 is 0 Å². The van der Waals surface area contributed by atoms with Gasteiger partial charge in [-0.15, -0.1) is 0 Å². The van der Waals surface area contributed by atoms with Crippen LogP contribution in [0.15, 0.2) is 96.1 Å². The van der Waals surface area contributed by atoms with E-state index in [1.165, 1.54) is 0 Å². The predicted molar refractivity (Wildman–Crippen MR) is 120 cm³/mol. The summed E-state index contributed by atoms with van der Waals surface area (Å²) in [6, 6.07) is 29.7. The van der Waals surface area contributed by atoms with Crippen molar-refractivity contribution < 1.29 is 0 Å². The molecule has 0 unspecified atom stereocenters. The highest BCUT2D eigenvalue weighted by Gasteiger charge is 2.08. The van der Waals surface area contributed by atoms with Gasteiger partial charge >= 0.3 is 0 Å². The molecule has 0 atom stereocenters. The van der Waals surface area contributed by atoms with E-state index in [4.69, 9.17) is 5.73 Å². The normalized spacial score (nSPS) is 11.3. The molecule has 0 spiro atoms. The molecule has 0 fully saturated rings. The Bertz CT molecular complexity index is 1080. The van der Waals surface area contributed by atoms with Crippen LogP contribution in [-0.2, 0) is 0 Å². The minimum Gasteiger partial charge on any atom is -0.399 e. The van der Waals surface area contributed by atoms with E-state index >= 15 is 0 Å². The third-order valence-electron chi connectivity index (χ3n) is 4.49. The van der Waals surface area contributed by atoms with E-state index in [1.54, 1.807) is 0 Å². The number of hydrazone groups is 1. The molecule has 0 aliphatic rings. The number of nitrogen functional groups attached to an aromatic ring is 1. The van der Waals surface area contributed by atoms with Gasteiger partial charge in [-0.3, -0.25) is 0 Å². The van der Waals surface area contributed by atoms with Gasteiger partial charge in [0.2, 0.25) is 5.95 Å². The first kappa shape index (κ1) is 18.4. The van der Waals surface area contributed by atoms with Crippen molar-refractivity contribution in [1.82, 2.24) is 9.97 Å². The molecule has 0 amide bonds. The zero-order valence-corrected chi connectivity index (χ0v) is 16.1. The molecule has 4 rings (SSSR count). The number of hydrogen-bond donors (Lipinski definition) is 2. The molecule has 0 radical (unpaired) electrons. The summed E-state index contributed by atoms with van der Waals surface area (Å²) in [5.74, 6) is 0.438.